The molecule has 0 heterocycles. The lowest BCUT2D eigenvalue weighted by Gasteiger charge is -2.27. The Balaban J connectivity index is 3.07. The van der Waals surface area contributed by atoms with Gasteiger partial charge in [-0.2, -0.15) is 0 Å². The van der Waals surface area contributed by atoms with Crippen LogP contribution in [0.2, 0.25) is 10.0 Å². The zero-order valence-electron chi connectivity index (χ0n) is 12.2. The third-order valence-corrected chi connectivity index (χ3v) is 4.51. The Bertz CT molecular complexity index is 537. The fourth-order valence-corrected chi connectivity index (χ4v) is 2.95. The van der Waals surface area contributed by atoms with Gasteiger partial charge in [0.2, 0.25) is 0 Å². The van der Waals surface area contributed by atoms with E-state index in [2.05, 4.69) is 5.32 Å². The van der Waals surface area contributed by atoms with Crippen molar-refractivity contribution in [2.45, 2.75) is 39.2 Å². The Morgan fingerprint density at radius 2 is 1.71 bits per heavy atom. The van der Waals surface area contributed by atoms with Crippen LogP contribution in [0, 0.1) is 0 Å². The van der Waals surface area contributed by atoms with Crippen LogP contribution in [-0.2, 0) is 11.2 Å². The summed E-state index contributed by atoms with van der Waals surface area (Å²) in [5.74, 6) is -0.785. The molecule has 0 aliphatic carbocycles. The van der Waals surface area contributed by atoms with Gasteiger partial charge in [-0.1, -0.05) is 37.0 Å². The van der Waals surface area contributed by atoms with Crippen molar-refractivity contribution in [1.82, 2.24) is 5.32 Å². The highest BCUT2D eigenvalue weighted by molar-refractivity contribution is 6.36. The first-order valence-corrected chi connectivity index (χ1v) is 7.97. The molecule has 6 heteroatoms. The molecule has 3 nitrogen and oxygen atoms in total. The second-order valence-corrected chi connectivity index (χ2v) is 6.05. The molecule has 0 aliphatic heterocycles. The Kier molecular flexibility index (Phi) is 6.51. The first-order valence-electron chi connectivity index (χ1n) is 6.68. The number of benzene rings is 1. The van der Waals surface area contributed by atoms with Crippen LogP contribution in [0.1, 0.15) is 43.1 Å². The number of carbonyl (C=O) groups excluding carboxylic acids is 2. The largest absolute Gasteiger partial charge is 0.340 e. The summed E-state index contributed by atoms with van der Waals surface area (Å²) in [6.07, 6.45) is 1.12. The molecule has 1 unspecified atom stereocenters. The van der Waals surface area contributed by atoms with E-state index in [-0.39, 0.29) is 11.7 Å². The molecule has 116 valence electrons. The van der Waals surface area contributed by atoms with E-state index in [4.69, 9.17) is 34.8 Å². The van der Waals surface area contributed by atoms with E-state index in [1.165, 1.54) is 0 Å². The van der Waals surface area contributed by atoms with Crippen LogP contribution in [-0.4, -0.2) is 23.1 Å². The summed E-state index contributed by atoms with van der Waals surface area (Å²) >= 11 is 17.8. The highest BCUT2D eigenvalue weighted by atomic mass is 35.5. The lowest BCUT2D eigenvalue weighted by atomic mass is 9.93. The van der Waals surface area contributed by atoms with Gasteiger partial charge in [0.1, 0.15) is 0 Å². The molecule has 1 amide bonds. The van der Waals surface area contributed by atoms with Crippen molar-refractivity contribution in [3.8, 4) is 0 Å². The molecule has 0 fully saturated rings. The summed E-state index contributed by atoms with van der Waals surface area (Å²) in [6.45, 7) is 5.39. The molecule has 1 aromatic rings. The Labute approximate surface area is 139 Å². The highest BCUT2D eigenvalue weighted by Gasteiger charge is 2.32. The number of halogens is 3. The summed E-state index contributed by atoms with van der Waals surface area (Å²) in [5.41, 5.74) is 0.121. The van der Waals surface area contributed by atoms with Gasteiger partial charge in [0.15, 0.2) is 5.78 Å². The zero-order chi connectivity index (χ0) is 16.2. The third kappa shape index (κ3) is 4.12. The molecule has 0 aromatic heterocycles. The maximum atomic E-state index is 12.3. The molecule has 1 atom stereocenters. The monoisotopic (exact) mass is 349 g/mol. The number of nitrogens with one attached hydrogen (secondary N) is 1. The second kappa shape index (κ2) is 7.48. The minimum Gasteiger partial charge on any atom is -0.340 e. The van der Waals surface area contributed by atoms with E-state index in [9.17, 15) is 9.59 Å². The van der Waals surface area contributed by atoms with Crippen molar-refractivity contribution in [3.63, 3.8) is 0 Å². The predicted octanol–water partition coefficient (Wildman–Crippen LogP) is 4.26. The number of Topliss-reactive ketones (excluding diaryl/α,β-unsaturated/α-hetero) is 1. The third-order valence-electron chi connectivity index (χ3n) is 3.59. The number of hydrogen-bond donors (Lipinski definition) is 1. The van der Waals surface area contributed by atoms with E-state index in [0.29, 0.717) is 28.5 Å². The summed E-state index contributed by atoms with van der Waals surface area (Å²) in [5, 5.41) is 3.60. The number of alkyl halides is 1. The van der Waals surface area contributed by atoms with Crippen molar-refractivity contribution < 1.29 is 9.59 Å². The Morgan fingerprint density at radius 3 is 2.10 bits per heavy atom. The fraction of sp³-hybridized carbons (Fsp3) is 0.467. The first kappa shape index (κ1) is 18.3. The lowest BCUT2D eigenvalue weighted by Crippen LogP contribution is -2.52. The molecule has 1 N–H and O–H groups in total. The highest BCUT2D eigenvalue weighted by Crippen LogP contribution is 2.27. The van der Waals surface area contributed by atoms with Crippen LogP contribution in [0.4, 0.5) is 0 Å². The van der Waals surface area contributed by atoms with Crippen LogP contribution in [0.25, 0.3) is 0 Å². The normalized spacial score (nSPS) is 13.6. The quantitative estimate of drug-likeness (QED) is 0.779. The molecule has 1 aromatic carbocycles. The van der Waals surface area contributed by atoms with E-state index in [0.717, 1.165) is 5.56 Å². The summed E-state index contributed by atoms with van der Waals surface area (Å²) in [7, 11) is 0. The standard InChI is InChI=1S/C15H18Cl3NO2/c1-4-10-11(17)6-9(7-12(10)18)14(21)19-15(3,5-2)13(20)8-16/h6-7H,4-5,8H2,1-3H3,(H,19,21). The maximum absolute atomic E-state index is 12.3. The van der Waals surface area contributed by atoms with Crippen molar-refractivity contribution in [2.75, 3.05) is 5.88 Å². The summed E-state index contributed by atoms with van der Waals surface area (Å²) in [4.78, 5) is 24.2. The molecule has 1 rings (SSSR count). The molecular formula is C15H18Cl3NO2. The van der Waals surface area contributed by atoms with E-state index in [1.54, 1.807) is 19.1 Å². The van der Waals surface area contributed by atoms with Crippen LogP contribution >= 0.6 is 34.8 Å². The average Bonchev–Trinajstić information content (AvgIpc) is 2.45. The molecule has 0 aliphatic rings. The molecule has 0 bridgehead atoms. The van der Waals surface area contributed by atoms with Crippen LogP contribution in [0.5, 0.6) is 0 Å². The minimum atomic E-state index is -0.999. The molecule has 21 heavy (non-hydrogen) atoms. The molecule has 0 saturated carbocycles. The van der Waals surface area contributed by atoms with Crippen molar-refractivity contribution >= 4 is 46.5 Å². The first-order chi connectivity index (χ1) is 9.78. The lowest BCUT2D eigenvalue weighted by molar-refractivity contribution is -0.122. The fourth-order valence-electron chi connectivity index (χ4n) is 1.90. The number of hydrogen-bond acceptors (Lipinski definition) is 2. The SMILES string of the molecule is CCc1c(Cl)cc(C(=O)NC(C)(CC)C(=O)CCl)cc1Cl. The summed E-state index contributed by atoms with van der Waals surface area (Å²) < 4.78 is 0. The minimum absolute atomic E-state index is 0.152. The van der Waals surface area contributed by atoms with Crippen molar-refractivity contribution in [2.24, 2.45) is 0 Å². The molecular weight excluding hydrogens is 333 g/mol. The van der Waals surface area contributed by atoms with Gasteiger partial charge in [-0.15, -0.1) is 11.6 Å². The second-order valence-electron chi connectivity index (χ2n) is 4.97. The van der Waals surface area contributed by atoms with Crippen LogP contribution in [0.15, 0.2) is 12.1 Å². The smallest absolute Gasteiger partial charge is 0.252 e. The van der Waals surface area contributed by atoms with Gasteiger partial charge in [0, 0.05) is 15.6 Å². The Morgan fingerprint density at radius 1 is 1.19 bits per heavy atom. The van der Waals surface area contributed by atoms with Crippen molar-refractivity contribution in [3.05, 3.63) is 33.3 Å². The predicted molar refractivity (Wildman–Crippen MR) is 87.7 cm³/mol. The van der Waals surface area contributed by atoms with Gasteiger partial charge < -0.3 is 5.32 Å². The van der Waals surface area contributed by atoms with Crippen LogP contribution < -0.4 is 5.32 Å². The topological polar surface area (TPSA) is 46.2 Å². The van der Waals surface area contributed by atoms with Gasteiger partial charge >= 0.3 is 0 Å². The number of ketones is 1. The van der Waals surface area contributed by atoms with Gasteiger partial charge in [-0.3, -0.25) is 9.59 Å². The van der Waals surface area contributed by atoms with E-state index >= 15 is 0 Å². The average molecular weight is 351 g/mol. The molecule has 0 radical (unpaired) electrons. The maximum Gasteiger partial charge on any atom is 0.252 e. The van der Waals surface area contributed by atoms with Crippen LogP contribution in [0.3, 0.4) is 0 Å². The number of amides is 1. The van der Waals surface area contributed by atoms with Gasteiger partial charge in [-0.25, -0.2) is 0 Å². The number of carbonyl (C=O) groups is 2. The molecule has 0 spiro atoms. The Hall–Kier alpha value is -0.770. The number of rotatable bonds is 6. The van der Waals surface area contributed by atoms with E-state index < -0.39 is 11.4 Å². The van der Waals surface area contributed by atoms with Gasteiger partial charge in [-0.05, 0) is 37.5 Å². The van der Waals surface area contributed by atoms with Gasteiger partial charge in [0.25, 0.3) is 5.91 Å². The van der Waals surface area contributed by atoms with Crippen molar-refractivity contribution in [1.29, 1.82) is 0 Å². The summed E-state index contributed by atoms with van der Waals surface area (Å²) in [6, 6.07) is 3.12. The van der Waals surface area contributed by atoms with E-state index in [1.807, 2.05) is 13.8 Å². The van der Waals surface area contributed by atoms with Gasteiger partial charge in [0.05, 0.1) is 11.4 Å². The molecule has 0 saturated heterocycles. The zero-order valence-corrected chi connectivity index (χ0v) is 14.5.